The Bertz CT molecular complexity index is 1020. The molecule has 0 radical (unpaired) electrons. The zero-order chi connectivity index (χ0) is 22.8. The van der Waals surface area contributed by atoms with Gasteiger partial charge in [-0.1, -0.05) is 19.8 Å². The average molecular weight is 439 g/mol. The maximum Gasteiger partial charge on any atom is 0.251 e. The van der Waals surface area contributed by atoms with Crippen LogP contribution in [0.4, 0.5) is 23.1 Å². The molecular formula is C23H30N6O3. The van der Waals surface area contributed by atoms with Gasteiger partial charge in [0.1, 0.15) is 17.5 Å². The SMILES string of the molecule is CCC1C(=O)N(C)c2cnc(Nc3ccc(C(=O)NC)cc3OC)nc2N1C1CCCC1. The lowest BCUT2D eigenvalue weighted by molar-refractivity contribution is -0.120. The Labute approximate surface area is 188 Å². The van der Waals surface area contributed by atoms with E-state index >= 15 is 0 Å². The molecule has 1 saturated carbocycles. The van der Waals surface area contributed by atoms with E-state index in [1.165, 1.54) is 12.8 Å². The lowest BCUT2D eigenvalue weighted by Gasteiger charge is -2.43. The van der Waals surface area contributed by atoms with Gasteiger partial charge in [0.05, 0.1) is 19.0 Å². The zero-order valence-electron chi connectivity index (χ0n) is 19.0. The zero-order valence-corrected chi connectivity index (χ0v) is 19.0. The van der Waals surface area contributed by atoms with E-state index < -0.39 is 0 Å². The third kappa shape index (κ3) is 3.83. The largest absolute Gasteiger partial charge is 0.495 e. The Morgan fingerprint density at radius 2 is 2.03 bits per heavy atom. The van der Waals surface area contributed by atoms with E-state index in [0.29, 0.717) is 29.0 Å². The molecule has 1 aromatic heterocycles. The molecule has 1 aromatic carbocycles. The van der Waals surface area contributed by atoms with Crippen LogP contribution >= 0.6 is 0 Å². The summed E-state index contributed by atoms with van der Waals surface area (Å²) >= 11 is 0. The van der Waals surface area contributed by atoms with Crippen LogP contribution in [-0.4, -0.2) is 55.1 Å². The molecular weight excluding hydrogens is 408 g/mol. The number of carbonyl (C=O) groups excluding carboxylic acids is 2. The number of likely N-dealkylation sites (N-methyl/N-ethyl adjacent to an activating group) is 1. The number of nitrogens with zero attached hydrogens (tertiary/aromatic N) is 4. The minimum Gasteiger partial charge on any atom is -0.495 e. The van der Waals surface area contributed by atoms with Crippen LogP contribution in [-0.2, 0) is 4.79 Å². The molecule has 170 valence electrons. The van der Waals surface area contributed by atoms with Gasteiger partial charge in [-0.3, -0.25) is 9.59 Å². The predicted molar refractivity (Wildman–Crippen MR) is 124 cm³/mol. The monoisotopic (exact) mass is 438 g/mol. The summed E-state index contributed by atoms with van der Waals surface area (Å²) in [5, 5.41) is 5.83. The third-order valence-corrected chi connectivity index (χ3v) is 6.35. The van der Waals surface area contributed by atoms with Crippen molar-refractivity contribution in [3.63, 3.8) is 0 Å². The van der Waals surface area contributed by atoms with Crippen LogP contribution in [0.15, 0.2) is 24.4 Å². The minimum atomic E-state index is -0.222. The fourth-order valence-corrected chi connectivity index (χ4v) is 4.64. The number of aromatic nitrogens is 2. The van der Waals surface area contributed by atoms with Crippen LogP contribution in [0.5, 0.6) is 5.75 Å². The van der Waals surface area contributed by atoms with Gasteiger partial charge >= 0.3 is 0 Å². The number of hydrogen-bond donors (Lipinski definition) is 2. The highest BCUT2D eigenvalue weighted by Crippen LogP contribution is 2.40. The standard InChI is InChI=1S/C23H30N6O3/c1-5-17-22(31)28(3)18-13-25-23(27-20(18)29(17)15-8-6-7-9-15)26-16-11-10-14(21(30)24-2)12-19(16)32-4/h10-13,15,17H,5-9H2,1-4H3,(H,24,30)(H,25,26,27). The van der Waals surface area contributed by atoms with Gasteiger partial charge < -0.3 is 25.2 Å². The normalized spacial score (nSPS) is 18.5. The number of methoxy groups -OCH3 is 1. The second-order valence-corrected chi connectivity index (χ2v) is 8.19. The number of carbonyl (C=O) groups is 2. The maximum absolute atomic E-state index is 13.0. The molecule has 2 amide bonds. The third-order valence-electron chi connectivity index (χ3n) is 6.35. The Morgan fingerprint density at radius 3 is 2.69 bits per heavy atom. The molecule has 32 heavy (non-hydrogen) atoms. The van der Waals surface area contributed by atoms with Crippen molar-refractivity contribution in [2.24, 2.45) is 0 Å². The Morgan fingerprint density at radius 1 is 1.28 bits per heavy atom. The highest BCUT2D eigenvalue weighted by atomic mass is 16.5. The molecule has 0 spiro atoms. The summed E-state index contributed by atoms with van der Waals surface area (Å²) in [7, 11) is 4.92. The number of rotatable bonds is 6. The molecule has 9 heteroatoms. The molecule has 2 heterocycles. The molecule has 2 N–H and O–H groups in total. The molecule has 2 aromatic rings. The van der Waals surface area contributed by atoms with E-state index in [9.17, 15) is 9.59 Å². The molecule has 0 saturated heterocycles. The molecule has 1 unspecified atom stereocenters. The van der Waals surface area contributed by atoms with Crippen molar-refractivity contribution >= 4 is 35.0 Å². The minimum absolute atomic E-state index is 0.0858. The van der Waals surface area contributed by atoms with Gasteiger partial charge in [0.25, 0.3) is 5.91 Å². The highest BCUT2D eigenvalue weighted by Gasteiger charge is 2.41. The molecule has 1 aliphatic heterocycles. The second-order valence-electron chi connectivity index (χ2n) is 8.19. The predicted octanol–water partition coefficient (Wildman–Crippen LogP) is 3.09. The lowest BCUT2D eigenvalue weighted by atomic mass is 10.0. The number of ether oxygens (including phenoxy) is 1. The molecule has 1 fully saturated rings. The lowest BCUT2D eigenvalue weighted by Crippen LogP contribution is -2.55. The molecule has 9 nitrogen and oxygen atoms in total. The van der Waals surface area contributed by atoms with E-state index in [0.717, 1.165) is 30.8 Å². The topological polar surface area (TPSA) is 99.7 Å². The Kier molecular flexibility index (Phi) is 6.16. The molecule has 4 rings (SSSR count). The van der Waals surface area contributed by atoms with Crippen molar-refractivity contribution in [3.05, 3.63) is 30.0 Å². The summed E-state index contributed by atoms with van der Waals surface area (Å²) in [5.74, 6) is 1.60. The van der Waals surface area contributed by atoms with Crippen molar-refractivity contribution in [2.45, 2.75) is 51.1 Å². The Hall–Kier alpha value is -3.36. The maximum atomic E-state index is 13.0. The summed E-state index contributed by atoms with van der Waals surface area (Å²) in [4.78, 5) is 38.1. The van der Waals surface area contributed by atoms with E-state index in [1.807, 2.05) is 6.92 Å². The average Bonchev–Trinajstić information content (AvgIpc) is 3.35. The molecule has 2 aliphatic rings. The second kappa shape index (κ2) is 9.02. The van der Waals surface area contributed by atoms with Crippen LogP contribution < -0.4 is 25.2 Å². The fraction of sp³-hybridized carbons (Fsp3) is 0.478. The fourth-order valence-electron chi connectivity index (χ4n) is 4.64. The first-order chi connectivity index (χ1) is 15.5. The van der Waals surface area contributed by atoms with E-state index in [4.69, 9.17) is 9.72 Å². The first kappa shape index (κ1) is 21.9. The summed E-state index contributed by atoms with van der Waals surface area (Å²) in [6.07, 6.45) is 6.88. The summed E-state index contributed by atoms with van der Waals surface area (Å²) in [5.41, 5.74) is 1.87. The van der Waals surface area contributed by atoms with Gasteiger partial charge in [0.2, 0.25) is 11.9 Å². The van der Waals surface area contributed by atoms with Crippen LogP contribution in [0.2, 0.25) is 0 Å². The van der Waals surface area contributed by atoms with Gasteiger partial charge in [0.15, 0.2) is 5.82 Å². The smallest absolute Gasteiger partial charge is 0.251 e. The summed E-state index contributed by atoms with van der Waals surface area (Å²) in [6.45, 7) is 2.04. The Balaban J connectivity index is 1.70. The molecule has 1 aliphatic carbocycles. The highest BCUT2D eigenvalue weighted by molar-refractivity contribution is 6.04. The van der Waals surface area contributed by atoms with Crippen LogP contribution in [0.25, 0.3) is 0 Å². The van der Waals surface area contributed by atoms with Gasteiger partial charge in [-0.15, -0.1) is 0 Å². The summed E-state index contributed by atoms with van der Waals surface area (Å²) < 4.78 is 5.47. The van der Waals surface area contributed by atoms with Crippen molar-refractivity contribution in [3.8, 4) is 5.75 Å². The van der Waals surface area contributed by atoms with Gasteiger partial charge in [-0.25, -0.2) is 4.98 Å². The van der Waals surface area contributed by atoms with Crippen LogP contribution in [0.3, 0.4) is 0 Å². The van der Waals surface area contributed by atoms with Gasteiger partial charge in [-0.2, -0.15) is 4.98 Å². The van der Waals surface area contributed by atoms with E-state index in [2.05, 4.69) is 20.5 Å². The molecule has 0 bridgehead atoms. The quantitative estimate of drug-likeness (QED) is 0.715. The first-order valence-electron chi connectivity index (χ1n) is 11.1. The van der Waals surface area contributed by atoms with E-state index in [-0.39, 0.29) is 17.9 Å². The van der Waals surface area contributed by atoms with Crippen molar-refractivity contribution < 1.29 is 14.3 Å². The van der Waals surface area contributed by atoms with E-state index in [1.54, 1.807) is 50.5 Å². The van der Waals surface area contributed by atoms with Crippen molar-refractivity contribution in [1.29, 1.82) is 0 Å². The number of anilines is 4. The first-order valence-corrected chi connectivity index (χ1v) is 11.1. The van der Waals surface area contributed by atoms with Crippen LogP contribution in [0, 0.1) is 0 Å². The number of benzene rings is 1. The van der Waals surface area contributed by atoms with Gasteiger partial charge in [-0.05, 0) is 37.5 Å². The van der Waals surface area contributed by atoms with Crippen molar-refractivity contribution in [1.82, 2.24) is 15.3 Å². The number of amides is 2. The van der Waals surface area contributed by atoms with Crippen molar-refractivity contribution in [2.75, 3.05) is 36.3 Å². The van der Waals surface area contributed by atoms with Gasteiger partial charge in [0, 0.05) is 25.7 Å². The summed E-state index contributed by atoms with van der Waals surface area (Å²) in [6, 6.07) is 5.24. The molecule has 1 atom stereocenters. The number of fused-ring (bicyclic) bond motifs is 1. The van der Waals surface area contributed by atoms with Crippen LogP contribution in [0.1, 0.15) is 49.4 Å². The number of hydrogen-bond acceptors (Lipinski definition) is 7. The number of nitrogens with one attached hydrogen (secondary N) is 2.